The molecule has 92 valence electrons. The average Bonchev–Trinajstić information content (AvgIpc) is 3.04. The van der Waals surface area contributed by atoms with Crippen molar-refractivity contribution in [1.29, 1.82) is 0 Å². The Morgan fingerprint density at radius 3 is 2.79 bits per heavy atom. The summed E-state index contributed by atoms with van der Waals surface area (Å²) in [5.41, 5.74) is 5.23. The van der Waals surface area contributed by atoms with E-state index in [4.69, 9.17) is 0 Å². The number of rotatable bonds is 1. The lowest BCUT2D eigenvalue weighted by atomic mass is 10.1. The minimum absolute atomic E-state index is 0.864. The number of aromatic amines is 2. The summed E-state index contributed by atoms with van der Waals surface area (Å²) in [6.45, 7) is 2.12. The van der Waals surface area contributed by atoms with E-state index in [9.17, 15) is 0 Å². The summed E-state index contributed by atoms with van der Waals surface area (Å²) in [7, 11) is 0. The Morgan fingerprint density at radius 1 is 1.00 bits per heavy atom. The van der Waals surface area contributed by atoms with E-state index in [1.807, 2.05) is 18.3 Å². The Hall–Kier alpha value is -2.62. The van der Waals surface area contributed by atoms with Crippen LogP contribution in [0.2, 0.25) is 0 Å². The predicted molar refractivity (Wildman–Crippen MR) is 75.9 cm³/mol. The molecule has 0 aliphatic carbocycles. The molecule has 0 spiro atoms. The van der Waals surface area contributed by atoms with Gasteiger partial charge in [0, 0.05) is 22.5 Å². The number of aryl methyl sites for hydroxylation is 1. The second-order valence-corrected chi connectivity index (χ2v) is 4.63. The van der Waals surface area contributed by atoms with Crippen molar-refractivity contribution >= 4 is 21.9 Å². The van der Waals surface area contributed by atoms with Crippen molar-refractivity contribution in [3.05, 3.63) is 48.4 Å². The van der Waals surface area contributed by atoms with Crippen molar-refractivity contribution in [3.63, 3.8) is 0 Å². The van der Waals surface area contributed by atoms with E-state index in [2.05, 4.69) is 45.1 Å². The fourth-order valence-corrected chi connectivity index (χ4v) is 2.59. The molecule has 0 bridgehead atoms. The van der Waals surface area contributed by atoms with E-state index in [-0.39, 0.29) is 0 Å². The summed E-state index contributed by atoms with van der Waals surface area (Å²) < 4.78 is 0. The van der Waals surface area contributed by atoms with Crippen molar-refractivity contribution in [1.82, 2.24) is 19.9 Å². The van der Waals surface area contributed by atoms with Gasteiger partial charge in [-0.15, -0.1) is 0 Å². The molecule has 0 unspecified atom stereocenters. The molecule has 4 aromatic rings. The number of benzene rings is 1. The van der Waals surface area contributed by atoms with E-state index < -0.39 is 0 Å². The molecule has 4 heteroatoms. The van der Waals surface area contributed by atoms with Gasteiger partial charge in [0.1, 0.15) is 12.0 Å². The van der Waals surface area contributed by atoms with Gasteiger partial charge >= 0.3 is 0 Å². The first kappa shape index (κ1) is 10.3. The molecule has 0 radical (unpaired) electrons. The first-order valence-electron chi connectivity index (χ1n) is 6.20. The van der Waals surface area contributed by atoms with E-state index in [0.717, 1.165) is 27.9 Å². The Labute approximate surface area is 109 Å². The van der Waals surface area contributed by atoms with Crippen molar-refractivity contribution in [2.45, 2.75) is 6.92 Å². The smallest absolute Gasteiger partial charge is 0.141 e. The molecule has 3 aromatic heterocycles. The van der Waals surface area contributed by atoms with Gasteiger partial charge in [0.2, 0.25) is 0 Å². The van der Waals surface area contributed by atoms with Gasteiger partial charge in [0.05, 0.1) is 11.4 Å². The summed E-state index contributed by atoms with van der Waals surface area (Å²) in [5.74, 6) is 0. The van der Waals surface area contributed by atoms with Crippen LogP contribution in [0.3, 0.4) is 0 Å². The maximum absolute atomic E-state index is 4.44. The highest BCUT2D eigenvalue weighted by atomic mass is 14.9. The molecule has 0 fully saturated rings. The van der Waals surface area contributed by atoms with E-state index in [0.29, 0.717) is 0 Å². The molecule has 2 N–H and O–H groups in total. The van der Waals surface area contributed by atoms with E-state index >= 15 is 0 Å². The highest BCUT2D eigenvalue weighted by molar-refractivity contribution is 5.96. The topological polar surface area (TPSA) is 57.4 Å². The first-order chi connectivity index (χ1) is 9.34. The highest BCUT2D eigenvalue weighted by Gasteiger charge is 2.13. The van der Waals surface area contributed by atoms with Crippen LogP contribution in [0.5, 0.6) is 0 Å². The number of hydrogen-bond donors (Lipinski definition) is 2. The normalized spacial score (nSPS) is 11.4. The fourth-order valence-electron chi connectivity index (χ4n) is 2.59. The van der Waals surface area contributed by atoms with Crippen molar-refractivity contribution < 1.29 is 0 Å². The maximum atomic E-state index is 4.44. The number of fused-ring (bicyclic) bond motifs is 2. The monoisotopic (exact) mass is 248 g/mol. The Bertz CT molecular complexity index is 885. The molecule has 4 nitrogen and oxygen atoms in total. The molecule has 0 atom stereocenters. The predicted octanol–water partition coefficient (Wildman–Crippen LogP) is 3.41. The number of nitrogens with zero attached hydrogens (tertiary/aromatic N) is 2. The standard InChI is InChI=1S/C15H12N4/c1-9-10-4-2-3-5-12(10)19-13(9)14-11-6-7-16-15(11)18-8-17-14/h2-8,19H,1H3,(H,16,17,18). The zero-order valence-corrected chi connectivity index (χ0v) is 10.4. The zero-order valence-electron chi connectivity index (χ0n) is 10.4. The summed E-state index contributed by atoms with van der Waals surface area (Å²) in [5, 5.41) is 2.27. The van der Waals surface area contributed by atoms with Crippen LogP contribution in [-0.2, 0) is 0 Å². The molecular formula is C15H12N4. The molecule has 0 amide bonds. The fraction of sp³-hybridized carbons (Fsp3) is 0.0667. The molecular weight excluding hydrogens is 236 g/mol. The van der Waals surface area contributed by atoms with Crippen LogP contribution in [0.25, 0.3) is 33.3 Å². The van der Waals surface area contributed by atoms with Crippen LogP contribution in [0.4, 0.5) is 0 Å². The molecule has 4 rings (SSSR count). The summed E-state index contributed by atoms with van der Waals surface area (Å²) in [6.07, 6.45) is 3.49. The van der Waals surface area contributed by atoms with Crippen molar-refractivity contribution in [2.75, 3.05) is 0 Å². The number of nitrogens with one attached hydrogen (secondary N) is 2. The van der Waals surface area contributed by atoms with Crippen molar-refractivity contribution in [3.8, 4) is 11.4 Å². The van der Waals surface area contributed by atoms with E-state index in [1.165, 1.54) is 10.9 Å². The van der Waals surface area contributed by atoms with E-state index in [1.54, 1.807) is 6.33 Å². The van der Waals surface area contributed by atoms with Gasteiger partial charge in [-0.1, -0.05) is 18.2 Å². The third-order valence-corrected chi connectivity index (χ3v) is 3.56. The highest BCUT2D eigenvalue weighted by Crippen LogP contribution is 2.31. The minimum atomic E-state index is 0.864. The molecule has 0 aliphatic rings. The second-order valence-electron chi connectivity index (χ2n) is 4.63. The molecule has 1 aromatic carbocycles. The van der Waals surface area contributed by atoms with Gasteiger partial charge in [-0.05, 0) is 24.6 Å². The van der Waals surface area contributed by atoms with Crippen LogP contribution in [0, 0.1) is 6.92 Å². The first-order valence-corrected chi connectivity index (χ1v) is 6.20. The Kier molecular flexibility index (Phi) is 2.00. The lowest BCUT2D eigenvalue weighted by Gasteiger charge is -2.01. The van der Waals surface area contributed by atoms with Gasteiger partial charge in [0.25, 0.3) is 0 Å². The van der Waals surface area contributed by atoms with Gasteiger partial charge in [0.15, 0.2) is 0 Å². The molecule has 0 saturated carbocycles. The van der Waals surface area contributed by atoms with Crippen LogP contribution in [0.15, 0.2) is 42.9 Å². The van der Waals surface area contributed by atoms with Gasteiger partial charge < -0.3 is 9.97 Å². The van der Waals surface area contributed by atoms with Gasteiger partial charge in [-0.3, -0.25) is 0 Å². The molecule has 0 saturated heterocycles. The largest absolute Gasteiger partial charge is 0.353 e. The number of H-pyrrole nitrogens is 2. The molecule has 0 aliphatic heterocycles. The Morgan fingerprint density at radius 2 is 1.89 bits per heavy atom. The summed E-state index contributed by atoms with van der Waals surface area (Å²) >= 11 is 0. The SMILES string of the molecule is Cc1c(-c2ncnc3[nH]ccc23)[nH]c2ccccc12. The maximum Gasteiger partial charge on any atom is 0.141 e. The molecule has 19 heavy (non-hydrogen) atoms. The number of para-hydroxylation sites is 1. The molecule has 3 heterocycles. The van der Waals surface area contributed by atoms with Crippen LogP contribution >= 0.6 is 0 Å². The van der Waals surface area contributed by atoms with Crippen LogP contribution < -0.4 is 0 Å². The number of hydrogen-bond acceptors (Lipinski definition) is 2. The quantitative estimate of drug-likeness (QED) is 0.542. The number of aromatic nitrogens is 4. The lowest BCUT2D eigenvalue weighted by Crippen LogP contribution is -1.88. The van der Waals surface area contributed by atoms with Crippen LogP contribution in [0.1, 0.15) is 5.56 Å². The van der Waals surface area contributed by atoms with Crippen LogP contribution in [-0.4, -0.2) is 19.9 Å². The third-order valence-electron chi connectivity index (χ3n) is 3.56. The minimum Gasteiger partial charge on any atom is -0.353 e. The summed E-state index contributed by atoms with van der Waals surface area (Å²) in [4.78, 5) is 15.2. The zero-order chi connectivity index (χ0) is 12.8. The third kappa shape index (κ3) is 1.40. The second kappa shape index (κ2) is 3.68. The van der Waals surface area contributed by atoms with Gasteiger partial charge in [-0.25, -0.2) is 9.97 Å². The van der Waals surface area contributed by atoms with Gasteiger partial charge in [-0.2, -0.15) is 0 Å². The Balaban J connectivity index is 2.09. The average molecular weight is 248 g/mol. The lowest BCUT2D eigenvalue weighted by molar-refractivity contribution is 1.19. The van der Waals surface area contributed by atoms with Crippen molar-refractivity contribution in [2.24, 2.45) is 0 Å². The summed E-state index contributed by atoms with van der Waals surface area (Å²) in [6, 6.07) is 10.3.